The third-order valence-corrected chi connectivity index (χ3v) is 3.70. The Bertz CT molecular complexity index is 442. The molecule has 1 aliphatic heterocycles. The molecule has 2 aliphatic rings. The first-order valence-corrected chi connectivity index (χ1v) is 6.17. The molecule has 0 radical (unpaired) electrons. The highest BCUT2D eigenvalue weighted by molar-refractivity contribution is 5.42. The van der Waals surface area contributed by atoms with Crippen LogP contribution in [0.15, 0.2) is 18.2 Å². The zero-order chi connectivity index (χ0) is 12.0. The monoisotopic (exact) mass is 233 g/mol. The number of rotatable bonds is 1. The van der Waals surface area contributed by atoms with E-state index >= 15 is 0 Å². The van der Waals surface area contributed by atoms with Crippen molar-refractivity contribution in [2.75, 3.05) is 13.7 Å². The van der Waals surface area contributed by atoms with Gasteiger partial charge in [-0.25, -0.2) is 0 Å². The van der Waals surface area contributed by atoms with Gasteiger partial charge in [0.25, 0.3) is 0 Å². The molecule has 2 unspecified atom stereocenters. The second-order valence-electron chi connectivity index (χ2n) is 5.55. The van der Waals surface area contributed by atoms with Crippen LogP contribution >= 0.6 is 0 Å². The summed E-state index contributed by atoms with van der Waals surface area (Å²) >= 11 is 0. The van der Waals surface area contributed by atoms with Crippen molar-refractivity contribution >= 4 is 0 Å². The average molecular weight is 233 g/mol. The summed E-state index contributed by atoms with van der Waals surface area (Å²) in [5, 5.41) is 3.59. The quantitative estimate of drug-likeness (QED) is 0.805. The van der Waals surface area contributed by atoms with Crippen LogP contribution in [0.4, 0.5) is 0 Å². The minimum atomic E-state index is -0.0914. The molecule has 1 heterocycles. The summed E-state index contributed by atoms with van der Waals surface area (Å²) in [6.07, 6.45) is 1.23. The first-order valence-electron chi connectivity index (χ1n) is 6.17. The zero-order valence-corrected chi connectivity index (χ0v) is 10.6. The molecule has 0 amide bonds. The van der Waals surface area contributed by atoms with E-state index in [-0.39, 0.29) is 11.7 Å². The summed E-state index contributed by atoms with van der Waals surface area (Å²) in [6.45, 7) is 5.18. The maximum absolute atomic E-state index is 6.21. The van der Waals surface area contributed by atoms with Crippen LogP contribution in [-0.2, 0) is 11.2 Å². The normalized spacial score (nSPS) is 29.6. The Morgan fingerprint density at radius 1 is 1.41 bits per heavy atom. The van der Waals surface area contributed by atoms with Gasteiger partial charge in [0, 0.05) is 12.6 Å². The molecule has 2 atom stereocenters. The fourth-order valence-electron chi connectivity index (χ4n) is 2.80. The summed E-state index contributed by atoms with van der Waals surface area (Å²) in [5.74, 6) is 0.913. The van der Waals surface area contributed by atoms with Gasteiger partial charge < -0.3 is 14.8 Å². The molecule has 0 saturated carbocycles. The van der Waals surface area contributed by atoms with Crippen molar-refractivity contribution in [2.45, 2.75) is 38.0 Å². The Morgan fingerprint density at radius 2 is 2.24 bits per heavy atom. The highest BCUT2D eigenvalue weighted by Gasteiger charge is 2.41. The predicted octanol–water partition coefficient (Wildman–Crippen LogP) is 2.06. The van der Waals surface area contributed by atoms with Gasteiger partial charge in [-0.3, -0.25) is 0 Å². The van der Waals surface area contributed by atoms with Crippen LogP contribution in [0, 0.1) is 0 Å². The fraction of sp³-hybridized carbons (Fsp3) is 0.571. The van der Waals surface area contributed by atoms with Gasteiger partial charge >= 0.3 is 0 Å². The largest absolute Gasteiger partial charge is 0.497 e. The van der Waals surface area contributed by atoms with Gasteiger partial charge in [-0.2, -0.15) is 0 Å². The Morgan fingerprint density at radius 3 is 3.00 bits per heavy atom. The van der Waals surface area contributed by atoms with Crippen molar-refractivity contribution in [3.05, 3.63) is 29.3 Å². The first kappa shape index (κ1) is 11.1. The number of hydrogen-bond acceptors (Lipinski definition) is 3. The lowest BCUT2D eigenvalue weighted by atomic mass is 10.0. The summed E-state index contributed by atoms with van der Waals surface area (Å²) < 4.78 is 11.5. The zero-order valence-electron chi connectivity index (χ0n) is 10.6. The van der Waals surface area contributed by atoms with E-state index in [1.807, 2.05) is 6.07 Å². The van der Waals surface area contributed by atoms with Gasteiger partial charge in [0.1, 0.15) is 5.75 Å². The molecule has 3 heteroatoms. The lowest BCUT2D eigenvalue weighted by molar-refractivity contribution is -0.112. The maximum Gasteiger partial charge on any atom is 0.119 e. The molecule has 1 N–H and O–H groups in total. The van der Waals surface area contributed by atoms with Crippen molar-refractivity contribution in [1.82, 2.24) is 5.32 Å². The molecule has 3 rings (SSSR count). The van der Waals surface area contributed by atoms with Crippen LogP contribution in [0.25, 0.3) is 0 Å². The molecule has 1 fully saturated rings. The standard InChI is InChI=1S/C14H19NO2/c1-14(2)8-15-12-6-9-4-5-10(16-3)7-11(9)13(12)17-14/h4-5,7,12-13,15H,6,8H2,1-3H3. The molecule has 0 spiro atoms. The second-order valence-corrected chi connectivity index (χ2v) is 5.55. The lowest BCUT2D eigenvalue weighted by Crippen LogP contribution is -2.51. The fourth-order valence-corrected chi connectivity index (χ4v) is 2.80. The number of methoxy groups -OCH3 is 1. The topological polar surface area (TPSA) is 30.5 Å². The SMILES string of the molecule is COc1ccc2c(c1)C1OC(C)(C)CNC1C2. The molecular formula is C14H19NO2. The molecule has 92 valence electrons. The first-order chi connectivity index (χ1) is 8.09. The van der Waals surface area contributed by atoms with Crippen molar-refractivity contribution in [2.24, 2.45) is 0 Å². The number of hydrogen-bond donors (Lipinski definition) is 1. The van der Waals surface area contributed by atoms with Crippen LogP contribution in [-0.4, -0.2) is 25.3 Å². The molecule has 3 nitrogen and oxygen atoms in total. The van der Waals surface area contributed by atoms with Gasteiger partial charge in [-0.05, 0) is 43.5 Å². The molecular weight excluding hydrogens is 214 g/mol. The smallest absolute Gasteiger partial charge is 0.119 e. The Kier molecular flexibility index (Phi) is 2.42. The van der Waals surface area contributed by atoms with E-state index in [4.69, 9.17) is 9.47 Å². The lowest BCUT2D eigenvalue weighted by Gasteiger charge is -2.39. The number of ether oxygens (including phenoxy) is 2. The Labute approximate surface area is 102 Å². The van der Waals surface area contributed by atoms with Gasteiger partial charge in [0.05, 0.1) is 18.8 Å². The van der Waals surface area contributed by atoms with Gasteiger partial charge in [0.15, 0.2) is 0 Å². The van der Waals surface area contributed by atoms with Gasteiger partial charge in [-0.15, -0.1) is 0 Å². The van der Waals surface area contributed by atoms with Gasteiger partial charge in [0.2, 0.25) is 0 Å². The number of nitrogens with one attached hydrogen (secondary N) is 1. The molecule has 1 saturated heterocycles. The number of benzene rings is 1. The van der Waals surface area contributed by atoms with Crippen LogP contribution in [0.3, 0.4) is 0 Å². The molecule has 0 aromatic heterocycles. The summed E-state index contributed by atoms with van der Waals surface area (Å²) in [5.41, 5.74) is 2.58. The molecule has 1 aliphatic carbocycles. The van der Waals surface area contributed by atoms with E-state index in [1.54, 1.807) is 7.11 Å². The average Bonchev–Trinajstić information content (AvgIpc) is 2.65. The highest BCUT2D eigenvalue weighted by Crippen LogP contribution is 2.40. The summed E-state index contributed by atoms with van der Waals surface area (Å²) in [4.78, 5) is 0. The minimum absolute atomic E-state index is 0.0914. The third-order valence-electron chi connectivity index (χ3n) is 3.70. The molecule has 1 aromatic carbocycles. The number of fused-ring (bicyclic) bond motifs is 3. The minimum Gasteiger partial charge on any atom is -0.497 e. The predicted molar refractivity (Wildman–Crippen MR) is 66.4 cm³/mol. The van der Waals surface area contributed by atoms with E-state index in [0.29, 0.717) is 6.04 Å². The Balaban J connectivity index is 1.96. The third kappa shape index (κ3) is 1.83. The van der Waals surface area contributed by atoms with Crippen LogP contribution in [0.5, 0.6) is 5.75 Å². The maximum atomic E-state index is 6.21. The van der Waals surface area contributed by atoms with Crippen LogP contribution in [0.2, 0.25) is 0 Å². The second kappa shape index (κ2) is 3.72. The van der Waals surface area contributed by atoms with E-state index in [9.17, 15) is 0 Å². The molecule has 0 bridgehead atoms. The van der Waals surface area contributed by atoms with Crippen molar-refractivity contribution in [3.8, 4) is 5.75 Å². The molecule has 17 heavy (non-hydrogen) atoms. The summed E-state index contributed by atoms with van der Waals surface area (Å²) in [7, 11) is 1.71. The van der Waals surface area contributed by atoms with Crippen LogP contribution in [0.1, 0.15) is 31.1 Å². The van der Waals surface area contributed by atoms with Crippen LogP contribution < -0.4 is 10.1 Å². The van der Waals surface area contributed by atoms with E-state index < -0.39 is 0 Å². The van der Waals surface area contributed by atoms with Crippen molar-refractivity contribution in [1.29, 1.82) is 0 Å². The highest BCUT2D eigenvalue weighted by atomic mass is 16.5. The van der Waals surface area contributed by atoms with Gasteiger partial charge in [-0.1, -0.05) is 6.07 Å². The number of morpholine rings is 1. The summed E-state index contributed by atoms with van der Waals surface area (Å²) in [6, 6.07) is 6.72. The van der Waals surface area contributed by atoms with E-state index in [2.05, 4.69) is 31.3 Å². The Hall–Kier alpha value is -1.06. The van der Waals surface area contributed by atoms with E-state index in [0.717, 1.165) is 18.7 Å². The van der Waals surface area contributed by atoms with Crippen molar-refractivity contribution < 1.29 is 9.47 Å². The van der Waals surface area contributed by atoms with E-state index in [1.165, 1.54) is 11.1 Å². The molecule has 1 aromatic rings. The van der Waals surface area contributed by atoms with Crippen molar-refractivity contribution in [3.63, 3.8) is 0 Å².